The van der Waals surface area contributed by atoms with Crippen molar-refractivity contribution in [1.82, 2.24) is 14.1 Å². The largest absolute Gasteiger partial charge is 0.301 e. The summed E-state index contributed by atoms with van der Waals surface area (Å²) in [6, 6.07) is 7.13. The van der Waals surface area contributed by atoms with Crippen LogP contribution in [0, 0.1) is 5.92 Å². The highest BCUT2D eigenvalue weighted by molar-refractivity contribution is 7.88. The van der Waals surface area contributed by atoms with Crippen LogP contribution in [0.4, 0.5) is 0 Å². The topological polar surface area (TPSA) is 43.9 Å². The zero-order valence-corrected chi connectivity index (χ0v) is 17.2. The molecule has 0 atom stereocenters. The quantitative estimate of drug-likeness (QED) is 0.737. The van der Waals surface area contributed by atoms with Crippen molar-refractivity contribution in [3.63, 3.8) is 0 Å². The minimum absolute atomic E-state index is 0.0389. The highest BCUT2D eigenvalue weighted by atomic mass is 35.5. The van der Waals surface area contributed by atoms with Gasteiger partial charge in [0.2, 0.25) is 10.0 Å². The Morgan fingerprint density at radius 2 is 1.69 bits per heavy atom. The fraction of sp³-hybridized carbons (Fsp3) is 0.684. The lowest BCUT2D eigenvalue weighted by Crippen LogP contribution is -2.49. The lowest BCUT2D eigenvalue weighted by molar-refractivity contribution is 0.109. The van der Waals surface area contributed by atoms with Gasteiger partial charge in [0.05, 0.1) is 5.75 Å². The van der Waals surface area contributed by atoms with Gasteiger partial charge in [-0.3, -0.25) is 0 Å². The maximum atomic E-state index is 12.7. The molecule has 0 unspecified atom stereocenters. The number of rotatable bonds is 6. The number of benzene rings is 1. The van der Waals surface area contributed by atoms with Crippen molar-refractivity contribution < 1.29 is 8.42 Å². The highest BCUT2D eigenvalue weighted by Crippen LogP contribution is 2.23. The van der Waals surface area contributed by atoms with Crippen molar-refractivity contribution in [2.24, 2.45) is 5.92 Å². The van der Waals surface area contributed by atoms with Crippen LogP contribution in [-0.4, -0.2) is 74.9 Å². The Hall–Kier alpha value is -0.660. The fourth-order valence-electron chi connectivity index (χ4n) is 3.95. The Morgan fingerprint density at radius 3 is 2.31 bits per heavy atom. The second-order valence-electron chi connectivity index (χ2n) is 7.46. The zero-order chi connectivity index (χ0) is 18.6. The summed E-state index contributed by atoms with van der Waals surface area (Å²) in [7, 11) is -3.27. The standard InChI is InChI=1S/C19H30ClN3O2S/c1-2-21-10-12-22(13-11-21)15-17-6-8-23(9-7-17)26(24,25)16-18-4-3-5-19(20)14-18/h3-5,14,17H,2,6-13,15-16H2,1H3. The van der Waals surface area contributed by atoms with E-state index in [9.17, 15) is 8.42 Å². The summed E-state index contributed by atoms with van der Waals surface area (Å²) in [6.07, 6.45) is 1.92. The number of hydrogen-bond acceptors (Lipinski definition) is 4. The molecule has 1 aromatic carbocycles. The molecule has 0 bridgehead atoms. The Morgan fingerprint density at radius 1 is 1.04 bits per heavy atom. The highest BCUT2D eigenvalue weighted by Gasteiger charge is 2.29. The molecule has 2 saturated heterocycles. The van der Waals surface area contributed by atoms with Crippen LogP contribution in [-0.2, 0) is 15.8 Å². The smallest absolute Gasteiger partial charge is 0.218 e. The Labute approximate surface area is 163 Å². The number of likely N-dealkylation sites (N-methyl/N-ethyl adjacent to an activating group) is 1. The molecule has 0 spiro atoms. The minimum Gasteiger partial charge on any atom is -0.301 e. The van der Waals surface area contributed by atoms with Gasteiger partial charge in [0.15, 0.2) is 0 Å². The molecule has 0 aliphatic carbocycles. The number of piperazine rings is 1. The van der Waals surface area contributed by atoms with Crippen LogP contribution >= 0.6 is 11.6 Å². The van der Waals surface area contributed by atoms with Gasteiger partial charge < -0.3 is 9.80 Å². The van der Waals surface area contributed by atoms with Gasteiger partial charge in [-0.15, -0.1) is 0 Å². The number of sulfonamides is 1. The van der Waals surface area contributed by atoms with E-state index in [1.54, 1.807) is 22.5 Å². The molecule has 2 aliphatic rings. The first-order valence-corrected chi connectivity index (χ1v) is 11.6. The van der Waals surface area contributed by atoms with Gasteiger partial charge in [0.1, 0.15) is 0 Å². The Bertz CT molecular complexity index is 682. The third kappa shape index (κ3) is 5.42. The van der Waals surface area contributed by atoms with Gasteiger partial charge >= 0.3 is 0 Å². The minimum atomic E-state index is -3.27. The Balaban J connectivity index is 1.47. The normalized spacial score (nSPS) is 21.9. The van der Waals surface area contributed by atoms with E-state index >= 15 is 0 Å². The maximum Gasteiger partial charge on any atom is 0.218 e. The van der Waals surface area contributed by atoms with Crippen LogP contribution in [0.5, 0.6) is 0 Å². The van der Waals surface area contributed by atoms with Gasteiger partial charge in [0.25, 0.3) is 0 Å². The average molecular weight is 400 g/mol. The van der Waals surface area contributed by atoms with E-state index in [0.29, 0.717) is 24.0 Å². The van der Waals surface area contributed by atoms with Gasteiger partial charge in [-0.05, 0) is 43.0 Å². The first kappa shape index (κ1) is 20.1. The van der Waals surface area contributed by atoms with Crippen LogP contribution in [0.2, 0.25) is 5.02 Å². The second kappa shape index (κ2) is 9.02. The fourth-order valence-corrected chi connectivity index (χ4v) is 5.72. The van der Waals surface area contributed by atoms with Crippen LogP contribution in [0.3, 0.4) is 0 Å². The molecule has 5 nitrogen and oxygen atoms in total. The van der Waals surface area contributed by atoms with Gasteiger partial charge in [0, 0.05) is 50.8 Å². The number of piperidine rings is 1. The van der Waals surface area contributed by atoms with Crippen LogP contribution in [0.25, 0.3) is 0 Å². The summed E-state index contributed by atoms with van der Waals surface area (Å²) in [6.45, 7) is 10.3. The summed E-state index contributed by atoms with van der Waals surface area (Å²) >= 11 is 5.97. The van der Waals surface area contributed by atoms with E-state index in [-0.39, 0.29) is 5.75 Å². The predicted molar refractivity (Wildman–Crippen MR) is 107 cm³/mol. The summed E-state index contributed by atoms with van der Waals surface area (Å²) < 4.78 is 27.1. The number of hydrogen-bond donors (Lipinski definition) is 0. The molecule has 2 fully saturated rings. The summed E-state index contributed by atoms with van der Waals surface area (Å²) in [4.78, 5) is 5.04. The van der Waals surface area contributed by atoms with Gasteiger partial charge in [-0.2, -0.15) is 0 Å². The molecule has 0 N–H and O–H groups in total. The predicted octanol–water partition coefficient (Wildman–Crippen LogP) is 2.52. The average Bonchev–Trinajstić information content (AvgIpc) is 2.62. The van der Waals surface area contributed by atoms with Crippen molar-refractivity contribution in [2.45, 2.75) is 25.5 Å². The summed E-state index contributed by atoms with van der Waals surface area (Å²) in [5.41, 5.74) is 0.758. The first-order chi connectivity index (χ1) is 12.5. The molecular formula is C19H30ClN3O2S. The molecule has 1 aromatic rings. The monoisotopic (exact) mass is 399 g/mol. The van der Waals surface area contributed by atoms with Crippen molar-refractivity contribution in [2.75, 3.05) is 52.4 Å². The van der Waals surface area contributed by atoms with E-state index in [2.05, 4.69) is 16.7 Å². The molecule has 7 heteroatoms. The third-order valence-electron chi connectivity index (χ3n) is 5.63. The molecule has 26 heavy (non-hydrogen) atoms. The van der Waals surface area contributed by atoms with Crippen LogP contribution < -0.4 is 0 Å². The van der Waals surface area contributed by atoms with Gasteiger partial charge in [-0.25, -0.2) is 12.7 Å². The number of nitrogens with zero attached hydrogens (tertiary/aromatic N) is 3. The second-order valence-corrected chi connectivity index (χ2v) is 9.87. The van der Waals surface area contributed by atoms with E-state index in [0.717, 1.165) is 57.7 Å². The molecule has 0 aromatic heterocycles. The molecule has 2 aliphatic heterocycles. The summed E-state index contributed by atoms with van der Waals surface area (Å²) in [5.74, 6) is 0.651. The van der Waals surface area contributed by atoms with Crippen molar-refractivity contribution in [1.29, 1.82) is 0 Å². The maximum absolute atomic E-state index is 12.7. The van der Waals surface area contributed by atoms with Crippen molar-refractivity contribution in [3.05, 3.63) is 34.9 Å². The molecule has 0 radical (unpaired) electrons. The molecule has 146 valence electrons. The first-order valence-electron chi connectivity index (χ1n) is 9.63. The Kier molecular flexibility index (Phi) is 6.97. The third-order valence-corrected chi connectivity index (χ3v) is 7.72. The van der Waals surface area contributed by atoms with E-state index in [1.807, 2.05) is 6.07 Å². The van der Waals surface area contributed by atoms with Crippen molar-refractivity contribution >= 4 is 21.6 Å². The SMILES string of the molecule is CCN1CCN(CC2CCN(S(=O)(=O)Cc3cccc(Cl)c3)CC2)CC1. The van der Waals surface area contributed by atoms with Gasteiger partial charge in [-0.1, -0.05) is 30.7 Å². The molecule has 0 saturated carbocycles. The van der Waals surface area contributed by atoms with Crippen molar-refractivity contribution in [3.8, 4) is 0 Å². The van der Waals surface area contributed by atoms with E-state index < -0.39 is 10.0 Å². The van der Waals surface area contributed by atoms with Crippen LogP contribution in [0.1, 0.15) is 25.3 Å². The van der Waals surface area contributed by atoms with E-state index in [1.165, 1.54) is 0 Å². The molecule has 2 heterocycles. The number of halogens is 1. The molecule has 3 rings (SSSR count). The lowest BCUT2D eigenvalue weighted by Gasteiger charge is -2.38. The zero-order valence-electron chi connectivity index (χ0n) is 15.6. The molecule has 0 amide bonds. The lowest BCUT2D eigenvalue weighted by atomic mass is 9.97. The van der Waals surface area contributed by atoms with Crippen LogP contribution in [0.15, 0.2) is 24.3 Å². The summed E-state index contributed by atoms with van der Waals surface area (Å²) in [5, 5.41) is 0.583. The van der Waals surface area contributed by atoms with E-state index in [4.69, 9.17) is 11.6 Å². The molecular weight excluding hydrogens is 370 g/mol.